The Morgan fingerprint density at radius 3 is 2.56 bits per heavy atom. The Morgan fingerprint density at radius 1 is 1.25 bits per heavy atom. The first-order valence-electron chi connectivity index (χ1n) is 5.29. The van der Waals surface area contributed by atoms with Crippen LogP contribution in [0.4, 0.5) is 0 Å². The Hall–Kier alpha value is -1.10. The van der Waals surface area contributed by atoms with E-state index in [-0.39, 0.29) is 6.61 Å². The van der Waals surface area contributed by atoms with Gasteiger partial charge in [-0.25, -0.2) is 0 Å². The second-order valence-corrected chi connectivity index (χ2v) is 4.03. The van der Waals surface area contributed by atoms with E-state index in [0.29, 0.717) is 19.8 Å². The zero-order valence-corrected chi connectivity index (χ0v) is 9.56. The van der Waals surface area contributed by atoms with E-state index in [4.69, 9.17) is 20.3 Å². The minimum atomic E-state index is -0.674. The van der Waals surface area contributed by atoms with Crippen LogP contribution in [0.5, 0.6) is 5.75 Å². The maximum atomic E-state index is 8.89. The Labute approximate surface area is 96.0 Å². The van der Waals surface area contributed by atoms with E-state index in [9.17, 15) is 0 Å². The molecule has 0 spiro atoms. The molecule has 0 fully saturated rings. The van der Waals surface area contributed by atoms with Crippen LogP contribution in [0.15, 0.2) is 30.3 Å². The van der Waals surface area contributed by atoms with E-state index in [1.807, 2.05) is 30.3 Å². The summed E-state index contributed by atoms with van der Waals surface area (Å²) in [5.74, 6) is 0.823. The number of benzene rings is 1. The Kier molecular flexibility index (Phi) is 5.25. The van der Waals surface area contributed by atoms with Crippen molar-refractivity contribution < 1.29 is 14.6 Å². The summed E-state index contributed by atoms with van der Waals surface area (Å²) in [4.78, 5) is 0. The average Bonchev–Trinajstić information content (AvgIpc) is 2.30. The molecule has 3 N–H and O–H groups in total. The summed E-state index contributed by atoms with van der Waals surface area (Å²) in [7, 11) is 0. The first-order chi connectivity index (χ1) is 7.64. The van der Waals surface area contributed by atoms with Crippen LogP contribution < -0.4 is 10.5 Å². The molecule has 0 aromatic heterocycles. The highest BCUT2D eigenvalue weighted by molar-refractivity contribution is 5.20. The van der Waals surface area contributed by atoms with E-state index in [1.165, 1.54) is 0 Å². The summed E-state index contributed by atoms with van der Waals surface area (Å²) in [6.07, 6.45) is 0. The third-order valence-corrected chi connectivity index (χ3v) is 2.03. The monoisotopic (exact) mass is 225 g/mol. The van der Waals surface area contributed by atoms with E-state index in [2.05, 4.69) is 0 Å². The summed E-state index contributed by atoms with van der Waals surface area (Å²) in [6.45, 7) is 2.91. The lowest BCUT2D eigenvalue weighted by Crippen LogP contribution is -2.45. The van der Waals surface area contributed by atoms with Gasteiger partial charge in [0.1, 0.15) is 12.4 Å². The average molecular weight is 225 g/mol. The van der Waals surface area contributed by atoms with Gasteiger partial charge in [0.2, 0.25) is 0 Å². The minimum absolute atomic E-state index is 0.0907. The minimum Gasteiger partial charge on any atom is -0.491 e. The fourth-order valence-electron chi connectivity index (χ4n) is 1.09. The second-order valence-electron chi connectivity index (χ2n) is 4.03. The zero-order valence-electron chi connectivity index (χ0n) is 9.56. The van der Waals surface area contributed by atoms with E-state index in [0.717, 1.165) is 5.75 Å². The molecule has 0 heterocycles. The smallest absolute Gasteiger partial charge is 0.119 e. The van der Waals surface area contributed by atoms with Gasteiger partial charge in [-0.2, -0.15) is 0 Å². The molecule has 4 nitrogen and oxygen atoms in total. The number of hydrogen-bond acceptors (Lipinski definition) is 4. The van der Waals surface area contributed by atoms with Gasteiger partial charge < -0.3 is 20.3 Å². The van der Waals surface area contributed by atoms with E-state index in [1.54, 1.807) is 6.92 Å². The molecule has 0 saturated carbocycles. The maximum Gasteiger partial charge on any atom is 0.119 e. The van der Waals surface area contributed by atoms with Gasteiger partial charge in [-0.15, -0.1) is 0 Å². The standard InChI is InChI=1S/C12H19NO3/c1-12(13,9-14)10-15-7-8-16-11-5-3-2-4-6-11/h2-6,14H,7-10,13H2,1H3. The lowest BCUT2D eigenvalue weighted by atomic mass is 10.1. The van der Waals surface area contributed by atoms with Crippen molar-refractivity contribution in [1.82, 2.24) is 0 Å². The largest absolute Gasteiger partial charge is 0.491 e. The molecule has 1 rings (SSSR count). The lowest BCUT2D eigenvalue weighted by Gasteiger charge is -2.21. The first kappa shape index (κ1) is 13.0. The van der Waals surface area contributed by atoms with Crippen molar-refractivity contribution >= 4 is 0 Å². The first-order valence-corrected chi connectivity index (χ1v) is 5.29. The van der Waals surface area contributed by atoms with E-state index < -0.39 is 5.54 Å². The fraction of sp³-hybridized carbons (Fsp3) is 0.500. The van der Waals surface area contributed by atoms with E-state index >= 15 is 0 Å². The van der Waals surface area contributed by atoms with Crippen LogP contribution in [0.3, 0.4) is 0 Å². The summed E-state index contributed by atoms with van der Waals surface area (Å²) < 4.78 is 10.7. The van der Waals surface area contributed by atoms with Crippen molar-refractivity contribution in [3.05, 3.63) is 30.3 Å². The third-order valence-electron chi connectivity index (χ3n) is 2.03. The number of hydrogen-bond donors (Lipinski definition) is 2. The van der Waals surface area contributed by atoms with Crippen molar-refractivity contribution in [2.24, 2.45) is 5.73 Å². The normalized spacial score (nSPS) is 14.4. The molecule has 1 unspecified atom stereocenters. The Morgan fingerprint density at radius 2 is 1.94 bits per heavy atom. The molecule has 1 aromatic rings. The predicted molar refractivity (Wildman–Crippen MR) is 62.4 cm³/mol. The topological polar surface area (TPSA) is 64.7 Å². The number of rotatable bonds is 7. The highest BCUT2D eigenvalue weighted by atomic mass is 16.5. The van der Waals surface area contributed by atoms with Gasteiger partial charge in [0, 0.05) is 0 Å². The Balaban J connectivity index is 2.09. The van der Waals surface area contributed by atoms with Crippen LogP contribution in [0, 0.1) is 0 Å². The second kappa shape index (κ2) is 6.48. The van der Waals surface area contributed by atoms with Crippen LogP contribution >= 0.6 is 0 Å². The van der Waals surface area contributed by atoms with Crippen LogP contribution in [-0.4, -0.2) is 37.1 Å². The van der Waals surface area contributed by atoms with Gasteiger partial charge in [-0.3, -0.25) is 0 Å². The summed E-state index contributed by atoms with van der Waals surface area (Å²) in [5, 5.41) is 8.89. The molecule has 0 aliphatic heterocycles. The molecular weight excluding hydrogens is 206 g/mol. The summed E-state index contributed by atoms with van der Waals surface area (Å²) >= 11 is 0. The number of nitrogens with two attached hydrogens (primary N) is 1. The van der Waals surface area contributed by atoms with Crippen molar-refractivity contribution in [2.75, 3.05) is 26.4 Å². The van der Waals surface area contributed by atoms with Gasteiger partial charge >= 0.3 is 0 Å². The van der Waals surface area contributed by atoms with Crippen LogP contribution in [0.2, 0.25) is 0 Å². The predicted octanol–water partition coefficient (Wildman–Crippen LogP) is 0.792. The van der Waals surface area contributed by atoms with Gasteiger partial charge in [0.05, 0.1) is 25.4 Å². The molecule has 1 aromatic carbocycles. The van der Waals surface area contributed by atoms with Crippen molar-refractivity contribution in [1.29, 1.82) is 0 Å². The van der Waals surface area contributed by atoms with Gasteiger partial charge in [0.25, 0.3) is 0 Å². The molecule has 4 heteroatoms. The zero-order chi connectivity index (χ0) is 11.9. The number of aliphatic hydroxyl groups excluding tert-OH is 1. The van der Waals surface area contributed by atoms with Gasteiger partial charge in [0.15, 0.2) is 0 Å². The molecule has 0 aliphatic carbocycles. The van der Waals surface area contributed by atoms with Crippen molar-refractivity contribution in [3.8, 4) is 5.75 Å². The molecule has 90 valence electrons. The highest BCUT2D eigenvalue weighted by Gasteiger charge is 2.16. The number of para-hydroxylation sites is 1. The molecule has 0 aliphatic rings. The number of aliphatic hydroxyl groups is 1. The van der Waals surface area contributed by atoms with Gasteiger partial charge in [-0.05, 0) is 19.1 Å². The Bertz CT molecular complexity index is 288. The molecule has 1 atom stereocenters. The van der Waals surface area contributed by atoms with Crippen LogP contribution in [-0.2, 0) is 4.74 Å². The molecular formula is C12H19NO3. The van der Waals surface area contributed by atoms with Crippen molar-refractivity contribution in [2.45, 2.75) is 12.5 Å². The third kappa shape index (κ3) is 5.11. The highest BCUT2D eigenvalue weighted by Crippen LogP contribution is 2.07. The molecule has 16 heavy (non-hydrogen) atoms. The molecule has 0 radical (unpaired) electrons. The SMILES string of the molecule is CC(N)(CO)COCCOc1ccccc1. The molecule has 0 saturated heterocycles. The fourth-order valence-corrected chi connectivity index (χ4v) is 1.09. The summed E-state index contributed by atoms with van der Waals surface area (Å²) in [5.41, 5.74) is 5.02. The maximum absolute atomic E-state index is 8.89. The quantitative estimate of drug-likeness (QED) is 0.673. The van der Waals surface area contributed by atoms with Crippen molar-refractivity contribution in [3.63, 3.8) is 0 Å². The lowest BCUT2D eigenvalue weighted by molar-refractivity contribution is 0.0468. The van der Waals surface area contributed by atoms with Crippen LogP contribution in [0.25, 0.3) is 0 Å². The summed E-state index contributed by atoms with van der Waals surface area (Å²) in [6, 6.07) is 9.55. The number of ether oxygens (including phenoxy) is 2. The van der Waals surface area contributed by atoms with Crippen LogP contribution in [0.1, 0.15) is 6.92 Å². The molecule has 0 bridgehead atoms. The molecule has 0 amide bonds. The van der Waals surface area contributed by atoms with Gasteiger partial charge in [-0.1, -0.05) is 18.2 Å².